The van der Waals surface area contributed by atoms with Gasteiger partial charge in [0.2, 0.25) is 0 Å². The van der Waals surface area contributed by atoms with Crippen LogP contribution in [0.2, 0.25) is 0 Å². The van der Waals surface area contributed by atoms with Gasteiger partial charge in [0.1, 0.15) is 0 Å². The van der Waals surface area contributed by atoms with Crippen LogP contribution >= 0.6 is 0 Å². The maximum atomic E-state index is 6.01. The van der Waals surface area contributed by atoms with Crippen LogP contribution in [0.3, 0.4) is 0 Å². The molecule has 1 heteroatoms. The summed E-state index contributed by atoms with van der Waals surface area (Å²) in [6.07, 6.45) is 10.6. The van der Waals surface area contributed by atoms with Gasteiger partial charge in [-0.1, -0.05) is 47.1 Å². The highest BCUT2D eigenvalue weighted by atomic mass is 14.7. The lowest BCUT2D eigenvalue weighted by atomic mass is 9.46. The molecular weight excluding hydrogens is 254 g/mol. The fourth-order valence-corrected chi connectivity index (χ4v) is 6.03. The highest BCUT2D eigenvalue weighted by molar-refractivity contribution is 5.11. The topological polar surface area (TPSA) is 26.0 Å². The maximum Gasteiger partial charge on any atom is 0.0505 e. The lowest BCUT2D eigenvalue weighted by molar-refractivity contribution is -0.0984. The van der Waals surface area contributed by atoms with Gasteiger partial charge in [-0.3, -0.25) is 0 Å². The quantitative estimate of drug-likeness (QED) is 0.627. The van der Waals surface area contributed by atoms with E-state index < -0.39 is 0 Å². The van der Waals surface area contributed by atoms with E-state index >= 15 is 0 Å². The molecule has 4 unspecified atom stereocenters. The summed E-state index contributed by atoms with van der Waals surface area (Å²) in [7, 11) is 0. The van der Waals surface area contributed by atoms with Crippen LogP contribution in [0.25, 0.3) is 0 Å². The van der Waals surface area contributed by atoms with Crippen LogP contribution in [0.1, 0.15) is 79.1 Å². The lowest BCUT2D eigenvalue weighted by Gasteiger charge is -2.58. The third-order valence-electron chi connectivity index (χ3n) is 7.37. The van der Waals surface area contributed by atoms with E-state index in [1.165, 1.54) is 44.9 Å². The van der Waals surface area contributed by atoms with Crippen LogP contribution < -0.4 is 5.73 Å². The number of allylic oxidation sites excluding steroid dienone is 1. The minimum Gasteiger partial charge on any atom is -0.396 e. The second-order valence-corrected chi connectivity index (χ2v) is 8.07. The molecule has 2 rings (SSSR count). The largest absolute Gasteiger partial charge is 0.396 e. The zero-order valence-electron chi connectivity index (χ0n) is 14.7. The van der Waals surface area contributed by atoms with Crippen molar-refractivity contribution in [3.8, 4) is 0 Å². The Hall–Kier alpha value is -0.680. The van der Waals surface area contributed by atoms with E-state index in [2.05, 4.69) is 40.0 Å². The molecule has 2 N–H and O–H groups in total. The Kier molecular flexibility index (Phi) is 4.93. The van der Waals surface area contributed by atoms with Gasteiger partial charge in [0.05, 0.1) is 5.70 Å². The maximum absolute atomic E-state index is 6.01. The number of hydrogen-bond acceptors (Lipinski definition) is 1. The SMILES string of the molecule is C=C=C(N)CCC1(C)CCC(C)C1(C(C)CC)C1CCC1. The van der Waals surface area contributed by atoms with Crippen molar-refractivity contribution in [2.45, 2.75) is 79.1 Å². The normalized spacial score (nSPS) is 37.8. The molecule has 0 heterocycles. The van der Waals surface area contributed by atoms with E-state index in [-0.39, 0.29) is 0 Å². The summed E-state index contributed by atoms with van der Waals surface area (Å²) in [5, 5.41) is 0. The lowest BCUT2D eigenvalue weighted by Crippen LogP contribution is -2.52. The van der Waals surface area contributed by atoms with Crippen LogP contribution in [0.15, 0.2) is 18.0 Å². The predicted molar refractivity (Wildman–Crippen MR) is 91.8 cm³/mol. The van der Waals surface area contributed by atoms with Crippen LogP contribution in [-0.2, 0) is 0 Å². The van der Waals surface area contributed by atoms with Crippen LogP contribution in [0, 0.1) is 28.6 Å². The Balaban J connectivity index is 2.34. The van der Waals surface area contributed by atoms with Gasteiger partial charge in [0.25, 0.3) is 0 Å². The molecule has 0 aromatic carbocycles. The molecule has 0 aromatic heterocycles. The molecule has 0 spiro atoms. The first-order valence-corrected chi connectivity index (χ1v) is 9.06. The average Bonchev–Trinajstić information content (AvgIpc) is 2.68. The summed E-state index contributed by atoms with van der Waals surface area (Å²) in [6, 6.07) is 0. The smallest absolute Gasteiger partial charge is 0.0505 e. The highest BCUT2D eigenvalue weighted by Crippen LogP contribution is 2.69. The Morgan fingerprint density at radius 2 is 2.05 bits per heavy atom. The van der Waals surface area contributed by atoms with Gasteiger partial charge in [0, 0.05) is 0 Å². The molecule has 2 aliphatic rings. The molecule has 0 aromatic rings. The Morgan fingerprint density at radius 3 is 2.52 bits per heavy atom. The number of hydrogen-bond donors (Lipinski definition) is 1. The molecule has 2 fully saturated rings. The fraction of sp³-hybridized carbons (Fsp3) is 0.850. The minimum atomic E-state index is 0.439. The summed E-state index contributed by atoms with van der Waals surface area (Å²) in [4.78, 5) is 0. The van der Waals surface area contributed by atoms with Crippen molar-refractivity contribution in [3.05, 3.63) is 18.0 Å². The molecular formula is C20H35N. The standard InChI is InChI=1S/C20H35N/c1-6-15(3)20(17-9-8-10-17)16(4)11-13-19(20,5)14-12-18(21)7-2/h15-17H,2,6,8-14,21H2,1,3-5H3. The first-order chi connectivity index (χ1) is 9.92. The van der Waals surface area contributed by atoms with E-state index in [1.807, 2.05) is 0 Å². The van der Waals surface area contributed by atoms with Crippen molar-refractivity contribution >= 4 is 0 Å². The van der Waals surface area contributed by atoms with Gasteiger partial charge in [-0.25, -0.2) is 0 Å². The Bertz CT molecular complexity index is 409. The predicted octanol–water partition coefficient (Wildman–Crippen LogP) is 5.66. The highest BCUT2D eigenvalue weighted by Gasteiger charge is 2.61. The molecule has 120 valence electrons. The molecule has 21 heavy (non-hydrogen) atoms. The van der Waals surface area contributed by atoms with Crippen molar-refractivity contribution in [1.82, 2.24) is 0 Å². The average molecular weight is 290 g/mol. The monoisotopic (exact) mass is 289 g/mol. The fourth-order valence-electron chi connectivity index (χ4n) is 6.03. The summed E-state index contributed by atoms with van der Waals surface area (Å²) in [5.74, 6) is 2.62. The zero-order valence-corrected chi connectivity index (χ0v) is 14.7. The number of nitrogens with two attached hydrogens (primary N) is 1. The zero-order chi connectivity index (χ0) is 15.7. The summed E-state index contributed by atoms with van der Waals surface area (Å²) < 4.78 is 0. The first-order valence-electron chi connectivity index (χ1n) is 9.06. The molecule has 2 aliphatic carbocycles. The van der Waals surface area contributed by atoms with Crippen molar-refractivity contribution in [2.75, 3.05) is 0 Å². The minimum absolute atomic E-state index is 0.439. The Morgan fingerprint density at radius 1 is 1.38 bits per heavy atom. The van der Waals surface area contributed by atoms with E-state index in [9.17, 15) is 0 Å². The third-order valence-corrected chi connectivity index (χ3v) is 7.37. The van der Waals surface area contributed by atoms with Crippen LogP contribution in [0.5, 0.6) is 0 Å². The van der Waals surface area contributed by atoms with E-state index in [1.54, 1.807) is 0 Å². The molecule has 0 saturated heterocycles. The van der Waals surface area contributed by atoms with E-state index in [0.29, 0.717) is 10.8 Å². The van der Waals surface area contributed by atoms with Crippen molar-refractivity contribution in [1.29, 1.82) is 0 Å². The van der Waals surface area contributed by atoms with Gasteiger partial charge in [-0.05, 0) is 67.1 Å². The van der Waals surface area contributed by atoms with Gasteiger partial charge >= 0.3 is 0 Å². The van der Waals surface area contributed by atoms with Crippen molar-refractivity contribution < 1.29 is 0 Å². The van der Waals surface area contributed by atoms with E-state index in [0.717, 1.165) is 29.9 Å². The summed E-state index contributed by atoms with van der Waals surface area (Å²) >= 11 is 0. The van der Waals surface area contributed by atoms with E-state index in [4.69, 9.17) is 5.73 Å². The van der Waals surface area contributed by atoms with Gasteiger partial charge in [-0.15, -0.1) is 5.73 Å². The molecule has 0 amide bonds. The van der Waals surface area contributed by atoms with Crippen molar-refractivity contribution in [3.63, 3.8) is 0 Å². The number of rotatable bonds is 6. The molecule has 1 nitrogen and oxygen atoms in total. The molecule has 4 atom stereocenters. The first kappa shape index (κ1) is 16.7. The Labute approximate surface area is 132 Å². The van der Waals surface area contributed by atoms with Crippen LogP contribution in [-0.4, -0.2) is 0 Å². The van der Waals surface area contributed by atoms with Gasteiger partial charge in [-0.2, -0.15) is 0 Å². The van der Waals surface area contributed by atoms with Crippen molar-refractivity contribution in [2.24, 2.45) is 34.3 Å². The van der Waals surface area contributed by atoms with Gasteiger partial charge < -0.3 is 5.73 Å². The molecule has 0 radical (unpaired) electrons. The van der Waals surface area contributed by atoms with Gasteiger partial charge in [0.15, 0.2) is 0 Å². The molecule has 0 bridgehead atoms. The second kappa shape index (κ2) is 6.21. The third kappa shape index (κ3) is 2.48. The van der Waals surface area contributed by atoms with Crippen LogP contribution in [0.4, 0.5) is 0 Å². The molecule has 0 aliphatic heterocycles. The summed E-state index contributed by atoms with van der Waals surface area (Å²) in [5.41, 5.74) is 10.7. The molecule has 2 saturated carbocycles. The second-order valence-electron chi connectivity index (χ2n) is 8.07. The summed E-state index contributed by atoms with van der Waals surface area (Å²) in [6.45, 7) is 13.7.